The number of carboxylic acid groups (broad SMARTS) is 1. The second kappa shape index (κ2) is 6.11. The molecule has 2 rings (SSSR count). The zero-order valence-corrected chi connectivity index (χ0v) is 12.2. The lowest BCUT2D eigenvalue weighted by molar-refractivity contribution is -0.150. The first-order chi connectivity index (χ1) is 9.98. The van der Waals surface area contributed by atoms with Crippen molar-refractivity contribution in [2.45, 2.75) is 32.6 Å². The molecule has 1 amide bonds. The van der Waals surface area contributed by atoms with Gasteiger partial charge >= 0.3 is 5.97 Å². The number of carbonyl (C=O) groups is 2. The molecule has 0 atom stereocenters. The van der Waals surface area contributed by atoms with Crippen molar-refractivity contribution in [2.75, 3.05) is 18.0 Å². The molecule has 1 aliphatic rings. The predicted molar refractivity (Wildman–Crippen MR) is 79.2 cm³/mol. The van der Waals surface area contributed by atoms with Crippen LogP contribution in [0.3, 0.4) is 0 Å². The van der Waals surface area contributed by atoms with Crippen molar-refractivity contribution >= 4 is 17.7 Å². The van der Waals surface area contributed by atoms with Crippen LogP contribution >= 0.6 is 0 Å². The summed E-state index contributed by atoms with van der Waals surface area (Å²) in [6.07, 6.45) is 2.75. The molecule has 1 aromatic rings. The smallest absolute Gasteiger partial charge is 0.309 e. The number of piperidine rings is 1. The molecule has 1 saturated heterocycles. The van der Waals surface area contributed by atoms with E-state index in [9.17, 15) is 14.7 Å². The molecule has 0 unspecified atom stereocenters. The van der Waals surface area contributed by atoms with Gasteiger partial charge in [-0.15, -0.1) is 0 Å². The minimum Gasteiger partial charge on any atom is -0.481 e. The van der Waals surface area contributed by atoms with Crippen LogP contribution in [0.1, 0.15) is 43.1 Å². The normalized spacial score (nSPS) is 17.5. The maximum absolute atomic E-state index is 11.6. The number of rotatable bonds is 5. The molecule has 6 nitrogen and oxygen atoms in total. The number of carbonyl (C=O) groups excluding carboxylic acids is 1. The Kier molecular flexibility index (Phi) is 4.45. The van der Waals surface area contributed by atoms with Crippen LogP contribution in [0.4, 0.5) is 5.82 Å². The lowest BCUT2D eigenvalue weighted by Gasteiger charge is -2.39. The van der Waals surface area contributed by atoms with Gasteiger partial charge in [0.2, 0.25) is 0 Å². The average Bonchev–Trinajstić information content (AvgIpc) is 2.48. The largest absolute Gasteiger partial charge is 0.481 e. The standard InChI is InChI=1S/C15H21N3O3/c1-2-6-15(14(20)21)7-9-18(10-8-15)12-5-3-4-11(17-12)13(16)19/h3-5H,2,6-10H2,1H3,(H2,16,19)(H,20,21). The van der Waals surface area contributed by atoms with E-state index in [1.54, 1.807) is 12.1 Å². The van der Waals surface area contributed by atoms with E-state index in [-0.39, 0.29) is 5.69 Å². The molecule has 0 spiro atoms. The summed E-state index contributed by atoms with van der Waals surface area (Å²) in [4.78, 5) is 29.0. The average molecular weight is 291 g/mol. The summed E-state index contributed by atoms with van der Waals surface area (Å²) < 4.78 is 0. The quantitative estimate of drug-likeness (QED) is 0.860. The molecular weight excluding hydrogens is 270 g/mol. The SMILES string of the molecule is CCCC1(C(=O)O)CCN(c2cccc(C(N)=O)n2)CC1. The van der Waals surface area contributed by atoms with Crippen molar-refractivity contribution < 1.29 is 14.7 Å². The third kappa shape index (κ3) is 3.15. The Labute approximate surface area is 124 Å². The van der Waals surface area contributed by atoms with E-state index < -0.39 is 17.3 Å². The summed E-state index contributed by atoms with van der Waals surface area (Å²) >= 11 is 0. The van der Waals surface area contributed by atoms with E-state index >= 15 is 0 Å². The van der Waals surface area contributed by atoms with Crippen molar-refractivity contribution in [3.63, 3.8) is 0 Å². The summed E-state index contributed by atoms with van der Waals surface area (Å²) in [5.41, 5.74) is 4.85. The molecule has 1 fully saturated rings. The lowest BCUT2D eigenvalue weighted by Crippen LogP contribution is -2.44. The van der Waals surface area contributed by atoms with Gasteiger partial charge in [0.05, 0.1) is 5.41 Å². The van der Waals surface area contributed by atoms with Crippen LogP contribution in [0.2, 0.25) is 0 Å². The van der Waals surface area contributed by atoms with Gasteiger partial charge in [-0.05, 0) is 31.4 Å². The molecule has 6 heteroatoms. The zero-order valence-electron chi connectivity index (χ0n) is 12.2. The van der Waals surface area contributed by atoms with E-state index in [1.807, 2.05) is 17.9 Å². The Morgan fingerprint density at radius 2 is 2.05 bits per heavy atom. The Bertz CT molecular complexity index is 537. The van der Waals surface area contributed by atoms with E-state index in [0.717, 1.165) is 6.42 Å². The third-order valence-corrected chi connectivity index (χ3v) is 4.21. The predicted octanol–water partition coefficient (Wildman–Crippen LogP) is 1.65. The number of aromatic nitrogens is 1. The fourth-order valence-electron chi connectivity index (χ4n) is 2.95. The van der Waals surface area contributed by atoms with Gasteiger partial charge in [0, 0.05) is 13.1 Å². The maximum Gasteiger partial charge on any atom is 0.309 e. The van der Waals surface area contributed by atoms with Gasteiger partial charge in [-0.1, -0.05) is 19.4 Å². The molecule has 0 bridgehead atoms. The number of pyridine rings is 1. The van der Waals surface area contributed by atoms with Gasteiger partial charge in [-0.3, -0.25) is 9.59 Å². The Hall–Kier alpha value is -2.11. The van der Waals surface area contributed by atoms with Crippen molar-refractivity contribution in [2.24, 2.45) is 11.1 Å². The summed E-state index contributed by atoms with van der Waals surface area (Å²) in [5, 5.41) is 9.50. The number of primary amides is 1. The molecule has 1 aromatic heterocycles. The highest BCUT2D eigenvalue weighted by Crippen LogP contribution is 2.37. The van der Waals surface area contributed by atoms with Gasteiger partial charge in [0.1, 0.15) is 11.5 Å². The topological polar surface area (TPSA) is 96.5 Å². The number of carboxylic acids is 1. The first-order valence-electron chi connectivity index (χ1n) is 7.24. The number of hydrogen-bond acceptors (Lipinski definition) is 4. The number of nitrogens with zero attached hydrogens (tertiary/aromatic N) is 2. The van der Waals surface area contributed by atoms with Gasteiger partial charge < -0.3 is 15.7 Å². The first-order valence-corrected chi connectivity index (χ1v) is 7.24. The highest BCUT2D eigenvalue weighted by Gasteiger charge is 2.40. The third-order valence-electron chi connectivity index (χ3n) is 4.21. The molecule has 114 valence electrons. The molecule has 0 aliphatic carbocycles. The molecule has 2 heterocycles. The summed E-state index contributed by atoms with van der Waals surface area (Å²) in [7, 11) is 0. The molecule has 0 aromatic carbocycles. The summed E-state index contributed by atoms with van der Waals surface area (Å²) in [5.74, 6) is -0.579. The van der Waals surface area contributed by atoms with Crippen LogP contribution in [-0.2, 0) is 4.79 Å². The second-order valence-electron chi connectivity index (χ2n) is 5.57. The number of anilines is 1. The monoisotopic (exact) mass is 291 g/mol. The number of nitrogens with two attached hydrogens (primary N) is 1. The maximum atomic E-state index is 11.6. The zero-order chi connectivity index (χ0) is 15.5. The fourth-order valence-corrected chi connectivity index (χ4v) is 2.95. The second-order valence-corrected chi connectivity index (χ2v) is 5.57. The summed E-state index contributed by atoms with van der Waals surface area (Å²) in [6, 6.07) is 5.14. The number of hydrogen-bond donors (Lipinski definition) is 2. The molecule has 0 radical (unpaired) electrons. The molecular formula is C15H21N3O3. The van der Waals surface area contributed by atoms with Crippen molar-refractivity contribution in [3.8, 4) is 0 Å². The number of amides is 1. The van der Waals surface area contributed by atoms with Gasteiger partial charge in [-0.25, -0.2) is 4.98 Å². The van der Waals surface area contributed by atoms with Crippen molar-refractivity contribution in [1.29, 1.82) is 0 Å². The van der Waals surface area contributed by atoms with E-state index in [2.05, 4.69) is 4.98 Å². The molecule has 21 heavy (non-hydrogen) atoms. The molecule has 0 saturated carbocycles. The Morgan fingerprint density at radius 3 is 2.57 bits per heavy atom. The van der Waals surface area contributed by atoms with E-state index in [4.69, 9.17) is 5.73 Å². The lowest BCUT2D eigenvalue weighted by atomic mass is 9.75. The fraction of sp³-hybridized carbons (Fsp3) is 0.533. The Balaban J connectivity index is 2.11. The minimum atomic E-state index is -0.706. The van der Waals surface area contributed by atoms with Gasteiger partial charge in [0.15, 0.2) is 0 Å². The van der Waals surface area contributed by atoms with Crippen molar-refractivity contribution in [3.05, 3.63) is 23.9 Å². The highest BCUT2D eigenvalue weighted by molar-refractivity contribution is 5.91. The highest BCUT2D eigenvalue weighted by atomic mass is 16.4. The number of aliphatic carboxylic acids is 1. The minimum absolute atomic E-state index is 0.233. The molecule has 3 N–H and O–H groups in total. The van der Waals surface area contributed by atoms with Crippen LogP contribution in [0, 0.1) is 5.41 Å². The van der Waals surface area contributed by atoms with Crippen LogP contribution < -0.4 is 10.6 Å². The van der Waals surface area contributed by atoms with Crippen molar-refractivity contribution in [1.82, 2.24) is 4.98 Å². The first kappa shape index (κ1) is 15.3. The van der Waals surface area contributed by atoms with Gasteiger partial charge in [-0.2, -0.15) is 0 Å². The van der Waals surface area contributed by atoms with E-state index in [1.165, 1.54) is 0 Å². The Morgan fingerprint density at radius 1 is 1.38 bits per heavy atom. The van der Waals surface area contributed by atoms with Crippen LogP contribution in [0.25, 0.3) is 0 Å². The van der Waals surface area contributed by atoms with E-state index in [0.29, 0.717) is 38.2 Å². The van der Waals surface area contributed by atoms with Crippen LogP contribution in [-0.4, -0.2) is 35.1 Å². The summed E-state index contributed by atoms with van der Waals surface area (Å²) in [6.45, 7) is 3.26. The molecule has 1 aliphatic heterocycles. The van der Waals surface area contributed by atoms with Crippen LogP contribution in [0.15, 0.2) is 18.2 Å². The van der Waals surface area contributed by atoms with Crippen LogP contribution in [0.5, 0.6) is 0 Å². The van der Waals surface area contributed by atoms with Gasteiger partial charge in [0.25, 0.3) is 5.91 Å².